The van der Waals surface area contributed by atoms with E-state index in [1.165, 1.54) is 5.56 Å². The van der Waals surface area contributed by atoms with E-state index in [1.54, 1.807) is 24.5 Å². The molecular formula is C35H26N6O. The second-order valence-corrected chi connectivity index (χ2v) is 10.2. The zero-order chi connectivity index (χ0) is 28.6. The van der Waals surface area contributed by atoms with Crippen LogP contribution in [0.3, 0.4) is 0 Å². The molecule has 4 heterocycles. The van der Waals surface area contributed by atoms with Crippen LogP contribution in [0.1, 0.15) is 21.5 Å². The van der Waals surface area contributed by atoms with Crippen molar-refractivity contribution in [2.75, 3.05) is 5.32 Å². The first kappa shape index (κ1) is 25.3. The molecule has 0 bridgehead atoms. The van der Waals surface area contributed by atoms with Crippen molar-refractivity contribution in [1.82, 2.24) is 24.6 Å². The molecule has 0 fully saturated rings. The average molecular weight is 547 g/mol. The standard InChI is InChI=1S/C35H26N6O/c1-22-28(27-16-19-41-32(20-27)39-40-35(41)26-13-11-24(21-42)12-14-26)7-3-8-29(22)30-9-4-10-31(23(30)2)38-34-33-25(15-18-37-34)6-5-17-36-33/h3-21H,1-2H3,(H,37,38). The molecule has 7 rings (SSSR count). The number of fused-ring (bicyclic) bond motifs is 2. The van der Waals surface area contributed by atoms with Gasteiger partial charge in [0.15, 0.2) is 17.3 Å². The van der Waals surface area contributed by atoms with Crippen LogP contribution < -0.4 is 5.32 Å². The summed E-state index contributed by atoms with van der Waals surface area (Å²) in [6, 6.07) is 30.2. The largest absolute Gasteiger partial charge is 0.338 e. The highest BCUT2D eigenvalue weighted by molar-refractivity contribution is 5.91. The molecule has 0 saturated carbocycles. The molecule has 0 aliphatic rings. The minimum Gasteiger partial charge on any atom is -0.338 e. The zero-order valence-electron chi connectivity index (χ0n) is 23.1. The first-order chi connectivity index (χ1) is 20.6. The molecule has 0 aliphatic carbocycles. The van der Waals surface area contributed by atoms with E-state index in [4.69, 9.17) is 0 Å². The monoisotopic (exact) mass is 546 g/mol. The van der Waals surface area contributed by atoms with E-state index in [0.717, 1.165) is 73.5 Å². The summed E-state index contributed by atoms with van der Waals surface area (Å²) in [7, 11) is 0. The second kappa shape index (κ2) is 10.4. The summed E-state index contributed by atoms with van der Waals surface area (Å²) in [5.41, 5.74) is 10.9. The molecule has 0 aliphatic heterocycles. The fraction of sp³-hybridized carbons (Fsp3) is 0.0571. The summed E-state index contributed by atoms with van der Waals surface area (Å²) < 4.78 is 1.97. The van der Waals surface area contributed by atoms with Crippen LogP contribution >= 0.6 is 0 Å². The van der Waals surface area contributed by atoms with Crippen LogP contribution in [0.2, 0.25) is 0 Å². The van der Waals surface area contributed by atoms with E-state index in [-0.39, 0.29) is 0 Å². The van der Waals surface area contributed by atoms with Crippen LogP contribution in [0, 0.1) is 13.8 Å². The van der Waals surface area contributed by atoms with Gasteiger partial charge in [0, 0.05) is 40.8 Å². The molecule has 0 unspecified atom stereocenters. The number of benzene rings is 3. The fourth-order valence-electron chi connectivity index (χ4n) is 5.49. The van der Waals surface area contributed by atoms with Crippen LogP contribution in [-0.2, 0) is 0 Å². The van der Waals surface area contributed by atoms with Crippen molar-refractivity contribution < 1.29 is 4.79 Å². The predicted molar refractivity (Wildman–Crippen MR) is 167 cm³/mol. The Labute approximate surface area is 242 Å². The van der Waals surface area contributed by atoms with Gasteiger partial charge in [0.2, 0.25) is 0 Å². The third-order valence-corrected chi connectivity index (χ3v) is 7.76. The zero-order valence-corrected chi connectivity index (χ0v) is 23.1. The molecule has 0 saturated heterocycles. The van der Waals surface area contributed by atoms with Crippen LogP contribution in [0.5, 0.6) is 0 Å². The number of nitrogens with zero attached hydrogens (tertiary/aromatic N) is 5. The van der Waals surface area contributed by atoms with Crippen molar-refractivity contribution in [3.8, 4) is 33.6 Å². The molecule has 0 amide bonds. The summed E-state index contributed by atoms with van der Waals surface area (Å²) >= 11 is 0. The Bertz CT molecular complexity index is 2110. The maximum absolute atomic E-state index is 11.0. The molecule has 7 nitrogen and oxygen atoms in total. The molecule has 0 radical (unpaired) electrons. The van der Waals surface area contributed by atoms with E-state index >= 15 is 0 Å². The molecular weight excluding hydrogens is 520 g/mol. The van der Waals surface area contributed by atoms with Crippen LogP contribution in [-0.4, -0.2) is 30.9 Å². The number of carbonyl (C=O) groups excluding carboxylic acids is 1. The minimum absolute atomic E-state index is 0.629. The number of hydrogen-bond acceptors (Lipinski definition) is 6. The highest BCUT2D eigenvalue weighted by Gasteiger charge is 2.15. The van der Waals surface area contributed by atoms with Gasteiger partial charge in [-0.25, -0.2) is 4.98 Å². The Kier molecular flexibility index (Phi) is 6.24. The second-order valence-electron chi connectivity index (χ2n) is 10.2. The molecule has 1 N–H and O–H groups in total. The van der Waals surface area contributed by atoms with Crippen molar-refractivity contribution >= 4 is 34.3 Å². The van der Waals surface area contributed by atoms with Gasteiger partial charge in [-0.2, -0.15) is 0 Å². The molecule has 202 valence electrons. The number of pyridine rings is 3. The van der Waals surface area contributed by atoms with Crippen molar-refractivity contribution in [1.29, 1.82) is 0 Å². The summed E-state index contributed by atoms with van der Waals surface area (Å²) in [6.45, 7) is 4.29. The summed E-state index contributed by atoms with van der Waals surface area (Å²) in [6.07, 6.45) is 6.43. The van der Waals surface area contributed by atoms with Crippen molar-refractivity contribution in [3.05, 3.63) is 126 Å². The number of anilines is 2. The third-order valence-electron chi connectivity index (χ3n) is 7.76. The lowest BCUT2D eigenvalue weighted by molar-refractivity contribution is 0.112. The normalized spacial score (nSPS) is 11.2. The number of hydrogen-bond donors (Lipinski definition) is 1. The quantitative estimate of drug-likeness (QED) is 0.214. The smallest absolute Gasteiger partial charge is 0.168 e. The van der Waals surface area contributed by atoms with Crippen LogP contribution in [0.4, 0.5) is 11.5 Å². The van der Waals surface area contributed by atoms with Gasteiger partial charge in [0.05, 0.1) is 0 Å². The number of nitrogens with one attached hydrogen (secondary N) is 1. The molecule has 7 aromatic rings. The van der Waals surface area contributed by atoms with Gasteiger partial charge in [0.1, 0.15) is 11.8 Å². The van der Waals surface area contributed by atoms with Crippen LogP contribution in [0.15, 0.2) is 110 Å². The van der Waals surface area contributed by atoms with Crippen molar-refractivity contribution in [3.63, 3.8) is 0 Å². The predicted octanol–water partition coefficient (Wildman–Crippen LogP) is 7.85. The average Bonchev–Trinajstić information content (AvgIpc) is 3.46. The molecule has 4 aromatic heterocycles. The first-order valence-corrected chi connectivity index (χ1v) is 13.7. The summed E-state index contributed by atoms with van der Waals surface area (Å²) in [5, 5.41) is 13.4. The first-order valence-electron chi connectivity index (χ1n) is 13.7. The van der Waals surface area contributed by atoms with Crippen molar-refractivity contribution in [2.45, 2.75) is 13.8 Å². The van der Waals surface area contributed by atoms with Gasteiger partial charge in [-0.1, -0.05) is 60.7 Å². The molecule has 7 heteroatoms. The lowest BCUT2D eigenvalue weighted by Gasteiger charge is -2.17. The Balaban J connectivity index is 1.25. The minimum atomic E-state index is 0.629. The summed E-state index contributed by atoms with van der Waals surface area (Å²) in [4.78, 5) is 20.2. The number of rotatable bonds is 6. The lowest BCUT2D eigenvalue weighted by Crippen LogP contribution is -1.99. The molecule has 0 atom stereocenters. The third kappa shape index (κ3) is 4.37. The van der Waals surface area contributed by atoms with Gasteiger partial charge < -0.3 is 5.32 Å². The topological polar surface area (TPSA) is 85.1 Å². The van der Waals surface area contributed by atoms with Gasteiger partial charge in [-0.15, -0.1) is 10.2 Å². The number of carbonyl (C=O) groups is 1. The van der Waals surface area contributed by atoms with Crippen molar-refractivity contribution in [2.24, 2.45) is 0 Å². The maximum atomic E-state index is 11.0. The fourth-order valence-corrected chi connectivity index (χ4v) is 5.49. The molecule has 3 aromatic carbocycles. The van der Waals surface area contributed by atoms with E-state index in [9.17, 15) is 4.79 Å². The Morgan fingerprint density at radius 1 is 0.714 bits per heavy atom. The summed E-state index contributed by atoms with van der Waals surface area (Å²) in [5.74, 6) is 1.47. The SMILES string of the molecule is Cc1c(Nc2nccc3cccnc23)cccc1-c1cccc(-c2ccn3c(-c4ccc(C=O)cc4)nnc3c2)c1C. The van der Waals surface area contributed by atoms with Gasteiger partial charge in [-0.3, -0.25) is 14.2 Å². The molecule has 42 heavy (non-hydrogen) atoms. The van der Waals surface area contributed by atoms with E-state index in [0.29, 0.717) is 5.56 Å². The molecule has 0 spiro atoms. The van der Waals surface area contributed by atoms with Crippen LogP contribution in [0.25, 0.3) is 50.2 Å². The Hall–Kier alpha value is -5.69. The Morgan fingerprint density at radius 3 is 2.33 bits per heavy atom. The van der Waals surface area contributed by atoms with E-state index in [2.05, 4.69) is 87.9 Å². The highest BCUT2D eigenvalue weighted by Crippen LogP contribution is 2.37. The van der Waals surface area contributed by atoms with Gasteiger partial charge >= 0.3 is 0 Å². The van der Waals surface area contributed by atoms with Gasteiger partial charge in [-0.05, 0) is 77.6 Å². The van der Waals surface area contributed by atoms with E-state index < -0.39 is 0 Å². The number of aromatic nitrogens is 5. The lowest BCUT2D eigenvalue weighted by atomic mass is 9.90. The number of aldehydes is 1. The Morgan fingerprint density at radius 2 is 1.50 bits per heavy atom. The maximum Gasteiger partial charge on any atom is 0.168 e. The highest BCUT2D eigenvalue weighted by atomic mass is 16.1. The van der Waals surface area contributed by atoms with Gasteiger partial charge in [0.25, 0.3) is 0 Å². The van der Waals surface area contributed by atoms with E-state index in [1.807, 2.05) is 40.9 Å².